The van der Waals surface area contributed by atoms with Crippen molar-refractivity contribution >= 4 is 30.2 Å². The van der Waals surface area contributed by atoms with Crippen LogP contribution in [0.25, 0.3) is 0 Å². The molecule has 47 heavy (non-hydrogen) atoms. The maximum absolute atomic E-state index is 13.6. The molecular weight excluding hydrogens is 654 g/mol. The quantitative estimate of drug-likeness (QED) is 0.217. The van der Waals surface area contributed by atoms with Crippen LogP contribution in [-0.4, -0.2) is 49.7 Å². The fourth-order valence-electron chi connectivity index (χ4n) is 6.30. The molecule has 0 atom stereocenters. The SMILES string of the molecule is CCN(CC1CCCCC1)c1cc2c(cc1CN(Cc1cc(C(F)(F)F)cc(C(F)(F)F)c1)c1nnn(C)n1)CCC2.Cl.O=C(O)O. The second-order valence-electron chi connectivity index (χ2n) is 11.8. The number of fused-ring (bicyclic) bond motifs is 1. The fraction of sp³-hybridized carbons (Fsp3) is 0.548. The van der Waals surface area contributed by atoms with Crippen LogP contribution in [0.3, 0.4) is 0 Å². The van der Waals surface area contributed by atoms with Crippen LogP contribution in [0.15, 0.2) is 30.3 Å². The Labute approximate surface area is 275 Å². The third-order valence-corrected chi connectivity index (χ3v) is 8.38. The van der Waals surface area contributed by atoms with Crippen LogP contribution >= 0.6 is 12.4 Å². The molecule has 3 aromatic rings. The number of alkyl halides is 6. The number of anilines is 2. The summed E-state index contributed by atoms with van der Waals surface area (Å²) in [5.74, 6) is 0.716. The molecule has 5 rings (SSSR count). The van der Waals surface area contributed by atoms with Crippen molar-refractivity contribution in [2.24, 2.45) is 13.0 Å². The Morgan fingerprint density at radius 2 is 1.45 bits per heavy atom. The van der Waals surface area contributed by atoms with E-state index in [0.29, 0.717) is 5.92 Å². The summed E-state index contributed by atoms with van der Waals surface area (Å²) >= 11 is 0. The first-order chi connectivity index (χ1) is 21.6. The summed E-state index contributed by atoms with van der Waals surface area (Å²) in [6.45, 7) is 3.75. The lowest BCUT2D eigenvalue weighted by Crippen LogP contribution is -2.32. The lowest BCUT2D eigenvalue weighted by Gasteiger charge is -2.33. The van der Waals surface area contributed by atoms with Gasteiger partial charge in [-0.3, -0.25) is 0 Å². The zero-order valence-electron chi connectivity index (χ0n) is 26.1. The van der Waals surface area contributed by atoms with Crippen LogP contribution in [0.1, 0.15) is 78.8 Å². The van der Waals surface area contributed by atoms with Gasteiger partial charge in [-0.05, 0) is 96.7 Å². The second-order valence-corrected chi connectivity index (χ2v) is 11.8. The van der Waals surface area contributed by atoms with Crippen LogP contribution in [0.4, 0.5) is 42.8 Å². The molecule has 2 aliphatic rings. The fourth-order valence-corrected chi connectivity index (χ4v) is 6.30. The van der Waals surface area contributed by atoms with Gasteiger partial charge in [-0.25, -0.2) is 4.79 Å². The average Bonchev–Trinajstić information content (AvgIpc) is 3.63. The molecule has 2 aromatic carbocycles. The number of tetrazole rings is 1. The maximum atomic E-state index is 13.6. The predicted octanol–water partition coefficient (Wildman–Crippen LogP) is 7.99. The number of aryl methyl sites for hydroxylation is 3. The van der Waals surface area contributed by atoms with Crippen molar-refractivity contribution in [3.63, 3.8) is 0 Å². The standard InChI is InChI=1S/C30H36F6N6.CH2O3.ClH/c1-3-41(17-20-8-5-4-6-9-20)27-15-23-11-7-10-22(23)14-24(27)19-42(28-37-39-40(2)38-28)18-21-12-25(29(31,32)33)16-26(13-21)30(34,35)36;2-1(3)4;/h12-16,20H,3-11,17-19H2,1-2H3;(H2,2,3,4);1H. The molecule has 1 saturated carbocycles. The van der Waals surface area contributed by atoms with Gasteiger partial charge in [0.2, 0.25) is 0 Å². The topological polar surface area (TPSA) is 108 Å². The lowest BCUT2D eigenvalue weighted by atomic mass is 9.88. The van der Waals surface area contributed by atoms with E-state index in [-0.39, 0.29) is 43.1 Å². The Morgan fingerprint density at radius 1 is 0.872 bits per heavy atom. The van der Waals surface area contributed by atoms with Crippen molar-refractivity contribution in [1.29, 1.82) is 0 Å². The van der Waals surface area contributed by atoms with Gasteiger partial charge >= 0.3 is 18.5 Å². The molecule has 0 unspecified atom stereocenters. The van der Waals surface area contributed by atoms with E-state index in [0.717, 1.165) is 55.7 Å². The number of hydrogen-bond acceptors (Lipinski definition) is 6. The van der Waals surface area contributed by atoms with Gasteiger partial charge in [-0.15, -0.1) is 17.5 Å². The van der Waals surface area contributed by atoms with Crippen LogP contribution < -0.4 is 9.80 Å². The van der Waals surface area contributed by atoms with E-state index in [4.69, 9.17) is 15.0 Å². The lowest BCUT2D eigenvalue weighted by molar-refractivity contribution is -0.143. The third kappa shape index (κ3) is 10.4. The Hall–Kier alpha value is -3.75. The molecule has 2 aliphatic carbocycles. The van der Waals surface area contributed by atoms with Crippen molar-refractivity contribution in [2.75, 3.05) is 22.9 Å². The third-order valence-electron chi connectivity index (χ3n) is 8.38. The molecule has 0 saturated heterocycles. The van der Waals surface area contributed by atoms with Gasteiger partial charge in [-0.1, -0.05) is 30.4 Å². The van der Waals surface area contributed by atoms with Gasteiger partial charge in [0.1, 0.15) is 0 Å². The van der Waals surface area contributed by atoms with Crippen molar-refractivity contribution < 1.29 is 41.4 Å². The zero-order chi connectivity index (χ0) is 33.6. The number of halogens is 7. The van der Waals surface area contributed by atoms with E-state index in [2.05, 4.69) is 39.4 Å². The van der Waals surface area contributed by atoms with Gasteiger partial charge in [0.05, 0.1) is 18.2 Å². The molecule has 0 bridgehead atoms. The molecule has 0 aliphatic heterocycles. The van der Waals surface area contributed by atoms with Gasteiger partial charge in [0.25, 0.3) is 5.95 Å². The van der Waals surface area contributed by atoms with Gasteiger partial charge in [0.15, 0.2) is 0 Å². The van der Waals surface area contributed by atoms with E-state index < -0.39 is 29.6 Å². The van der Waals surface area contributed by atoms with Crippen molar-refractivity contribution in [3.05, 3.63) is 63.7 Å². The Balaban J connectivity index is 0.00000114. The second kappa shape index (κ2) is 15.9. The van der Waals surface area contributed by atoms with Gasteiger partial charge < -0.3 is 20.0 Å². The van der Waals surface area contributed by atoms with E-state index in [1.807, 2.05) is 0 Å². The largest absolute Gasteiger partial charge is 0.503 e. The van der Waals surface area contributed by atoms with Crippen LogP contribution in [-0.2, 0) is 45.3 Å². The molecular formula is C31H39ClF6N6O3. The Kier molecular flexibility index (Phi) is 12.8. The number of benzene rings is 2. The summed E-state index contributed by atoms with van der Waals surface area (Å²) in [6.07, 6.45) is -2.64. The van der Waals surface area contributed by atoms with E-state index in [1.54, 1.807) is 11.9 Å². The summed E-state index contributed by atoms with van der Waals surface area (Å²) in [5, 5.41) is 26.2. The van der Waals surface area contributed by atoms with Crippen molar-refractivity contribution in [3.8, 4) is 0 Å². The average molecular weight is 693 g/mol. The highest BCUT2D eigenvalue weighted by Gasteiger charge is 2.37. The molecule has 2 N–H and O–H groups in total. The predicted molar refractivity (Wildman–Crippen MR) is 166 cm³/mol. The molecule has 0 spiro atoms. The number of nitrogens with zero attached hydrogens (tertiary/aromatic N) is 6. The Bertz CT molecular complexity index is 1460. The zero-order valence-corrected chi connectivity index (χ0v) is 26.9. The Morgan fingerprint density at radius 3 is 1.96 bits per heavy atom. The normalized spacial score (nSPS) is 14.9. The number of carbonyl (C=O) groups is 1. The highest BCUT2D eigenvalue weighted by atomic mass is 35.5. The summed E-state index contributed by atoms with van der Waals surface area (Å²) in [5.41, 5.74) is 1.70. The highest BCUT2D eigenvalue weighted by Crippen LogP contribution is 2.38. The summed E-state index contributed by atoms with van der Waals surface area (Å²) in [6, 6.07) is 6.07. The highest BCUT2D eigenvalue weighted by molar-refractivity contribution is 5.85. The summed E-state index contributed by atoms with van der Waals surface area (Å²) < 4.78 is 81.7. The maximum Gasteiger partial charge on any atom is 0.503 e. The van der Waals surface area contributed by atoms with Crippen molar-refractivity contribution in [2.45, 2.75) is 83.7 Å². The number of hydrogen-bond donors (Lipinski definition) is 2. The molecule has 1 heterocycles. The van der Waals surface area contributed by atoms with E-state index in [9.17, 15) is 26.3 Å². The summed E-state index contributed by atoms with van der Waals surface area (Å²) in [7, 11) is 1.56. The van der Waals surface area contributed by atoms with Gasteiger partial charge in [-0.2, -0.15) is 31.1 Å². The molecule has 1 fully saturated rings. The number of aromatic nitrogens is 4. The minimum Gasteiger partial charge on any atom is -0.450 e. The number of rotatable bonds is 9. The van der Waals surface area contributed by atoms with Crippen molar-refractivity contribution in [1.82, 2.24) is 20.2 Å². The smallest absolute Gasteiger partial charge is 0.450 e. The van der Waals surface area contributed by atoms with Crippen LogP contribution in [0.2, 0.25) is 0 Å². The molecule has 16 heteroatoms. The monoisotopic (exact) mass is 692 g/mol. The molecule has 260 valence electrons. The first kappa shape index (κ1) is 37.7. The molecule has 0 amide bonds. The first-order valence-corrected chi connectivity index (χ1v) is 15.2. The van der Waals surface area contributed by atoms with E-state index in [1.165, 1.54) is 48.0 Å². The summed E-state index contributed by atoms with van der Waals surface area (Å²) in [4.78, 5) is 13.8. The number of carboxylic acid groups (broad SMARTS) is 2. The molecule has 9 nitrogen and oxygen atoms in total. The minimum atomic E-state index is -4.93. The molecule has 1 aromatic heterocycles. The first-order valence-electron chi connectivity index (χ1n) is 15.2. The van der Waals surface area contributed by atoms with Crippen LogP contribution in [0, 0.1) is 5.92 Å². The van der Waals surface area contributed by atoms with Gasteiger partial charge in [0, 0.05) is 31.9 Å². The van der Waals surface area contributed by atoms with E-state index >= 15 is 0 Å². The molecule has 0 radical (unpaired) electrons. The minimum absolute atomic E-state index is 0. The van der Waals surface area contributed by atoms with Crippen LogP contribution in [0.5, 0.6) is 0 Å².